The van der Waals surface area contributed by atoms with Crippen LogP contribution in [0.5, 0.6) is 0 Å². The number of hydrogen-bond acceptors (Lipinski definition) is 3. The summed E-state index contributed by atoms with van der Waals surface area (Å²) >= 11 is 0. The fraction of sp³-hybridized carbons (Fsp3) is 0.333. The lowest BCUT2D eigenvalue weighted by Crippen LogP contribution is -2.47. The molecule has 2 heterocycles. The van der Waals surface area contributed by atoms with E-state index in [0.717, 1.165) is 66.5 Å². The number of amides is 1. The second kappa shape index (κ2) is 8.27. The van der Waals surface area contributed by atoms with Crippen LogP contribution < -0.4 is 0 Å². The topological polar surface area (TPSA) is 36.4 Å². The summed E-state index contributed by atoms with van der Waals surface area (Å²) in [6.07, 6.45) is 6.23. The van der Waals surface area contributed by atoms with E-state index in [1.165, 1.54) is 11.1 Å². The highest BCUT2D eigenvalue weighted by molar-refractivity contribution is 6.09. The predicted molar refractivity (Wildman–Crippen MR) is 127 cm³/mol. The van der Waals surface area contributed by atoms with E-state index in [1.54, 1.807) is 0 Å². The van der Waals surface area contributed by atoms with Gasteiger partial charge < -0.3 is 9.80 Å². The van der Waals surface area contributed by atoms with Gasteiger partial charge >= 0.3 is 0 Å². The van der Waals surface area contributed by atoms with Crippen molar-refractivity contribution in [1.29, 1.82) is 0 Å². The minimum absolute atomic E-state index is 0.169. The molecule has 1 aliphatic heterocycles. The zero-order chi connectivity index (χ0) is 21.4. The Hall–Kier alpha value is -2.98. The normalized spacial score (nSPS) is 19.9. The van der Waals surface area contributed by atoms with E-state index in [0.29, 0.717) is 6.04 Å². The minimum atomic E-state index is 0.169. The van der Waals surface area contributed by atoms with Crippen LogP contribution in [-0.4, -0.2) is 53.9 Å². The summed E-state index contributed by atoms with van der Waals surface area (Å²) in [5.74, 6) is 0.169. The molecule has 0 saturated carbocycles. The Balaban J connectivity index is 1.60. The van der Waals surface area contributed by atoms with Crippen LogP contribution in [0.4, 0.5) is 0 Å². The van der Waals surface area contributed by atoms with E-state index >= 15 is 0 Å². The first-order valence-electron chi connectivity index (χ1n) is 11.2. The molecule has 0 radical (unpaired) electrons. The number of pyridine rings is 1. The fourth-order valence-electron chi connectivity index (χ4n) is 4.99. The Morgan fingerprint density at radius 3 is 2.65 bits per heavy atom. The van der Waals surface area contributed by atoms with Crippen molar-refractivity contribution in [2.45, 2.75) is 31.7 Å². The molecule has 31 heavy (non-hydrogen) atoms. The Morgan fingerprint density at radius 1 is 1.06 bits per heavy atom. The number of para-hydroxylation sites is 1. The number of piperidine rings is 1. The average Bonchev–Trinajstić information content (AvgIpc) is 3.19. The summed E-state index contributed by atoms with van der Waals surface area (Å²) in [4.78, 5) is 23.2. The molecule has 2 aliphatic rings. The molecule has 0 bridgehead atoms. The first-order valence-corrected chi connectivity index (χ1v) is 11.2. The van der Waals surface area contributed by atoms with Gasteiger partial charge in [-0.25, -0.2) is 4.98 Å². The van der Waals surface area contributed by atoms with Gasteiger partial charge in [0.2, 0.25) is 0 Å². The molecule has 1 aromatic heterocycles. The van der Waals surface area contributed by atoms with E-state index in [-0.39, 0.29) is 5.91 Å². The highest BCUT2D eigenvalue weighted by Crippen LogP contribution is 2.38. The van der Waals surface area contributed by atoms with Gasteiger partial charge in [0, 0.05) is 24.5 Å². The Bertz CT molecular complexity index is 1150. The van der Waals surface area contributed by atoms with Crippen LogP contribution in [0, 0.1) is 0 Å². The second-order valence-corrected chi connectivity index (χ2v) is 8.92. The number of likely N-dealkylation sites (N-methyl/N-ethyl adjacent to an activating group) is 1. The van der Waals surface area contributed by atoms with Gasteiger partial charge in [0.25, 0.3) is 5.91 Å². The van der Waals surface area contributed by atoms with Crippen LogP contribution in [0.2, 0.25) is 0 Å². The quantitative estimate of drug-likeness (QED) is 0.616. The summed E-state index contributed by atoms with van der Waals surface area (Å²) < 4.78 is 0. The summed E-state index contributed by atoms with van der Waals surface area (Å²) in [5.41, 5.74) is 6.32. The number of fused-ring (bicyclic) bond motifs is 2. The lowest BCUT2D eigenvalue weighted by atomic mass is 9.97. The van der Waals surface area contributed by atoms with E-state index in [2.05, 4.69) is 60.3 Å². The number of likely N-dealkylation sites (tertiary alicyclic amines) is 1. The van der Waals surface area contributed by atoms with Crippen molar-refractivity contribution >= 4 is 28.5 Å². The monoisotopic (exact) mass is 411 g/mol. The number of carbonyl (C=O) groups is 1. The fourth-order valence-corrected chi connectivity index (χ4v) is 4.99. The third kappa shape index (κ3) is 3.77. The molecular formula is C27H29N3O. The van der Waals surface area contributed by atoms with Crippen molar-refractivity contribution in [2.75, 3.05) is 27.2 Å². The van der Waals surface area contributed by atoms with Gasteiger partial charge in [0.05, 0.1) is 16.8 Å². The number of benzene rings is 2. The van der Waals surface area contributed by atoms with Crippen LogP contribution in [-0.2, 0) is 6.42 Å². The molecule has 0 N–H and O–H groups in total. The number of aromatic nitrogens is 1. The SMILES string of the molecule is CN(C)C1CCCN(C(=O)c2c3c(nc4ccccc24)/C(=C\c2ccccc2)CC3)C1. The molecule has 1 aliphatic carbocycles. The third-order valence-corrected chi connectivity index (χ3v) is 6.71. The molecule has 3 aromatic rings. The molecule has 0 spiro atoms. The lowest BCUT2D eigenvalue weighted by molar-refractivity contribution is 0.0636. The predicted octanol–water partition coefficient (Wildman–Crippen LogP) is 4.89. The molecule has 1 atom stereocenters. The number of nitrogens with zero attached hydrogens (tertiary/aromatic N) is 3. The van der Waals surface area contributed by atoms with Gasteiger partial charge in [0.1, 0.15) is 0 Å². The van der Waals surface area contributed by atoms with Gasteiger partial charge in [-0.3, -0.25) is 4.79 Å². The van der Waals surface area contributed by atoms with Crippen LogP contribution in [0.15, 0.2) is 54.6 Å². The van der Waals surface area contributed by atoms with Gasteiger partial charge in [-0.15, -0.1) is 0 Å². The molecule has 1 saturated heterocycles. The van der Waals surface area contributed by atoms with Crippen molar-refractivity contribution in [2.24, 2.45) is 0 Å². The third-order valence-electron chi connectivity index (χ3n) is 6.71. The smallest absolute Gasteiger partial charge is 0.254 e. The summed E-state index contributed by atoms with van der Waals surface area (Å²) in [7, 11) is 4.22. The Morgan fingerprint density at radius 2 is 1.84 bits per heavy atom. The van der Waals surface area contributed by atoms with Gasteiger partial charge in [-0.2, -0.15) is 0 Å². The molecule has 1 fully saturated rings. The maximum atomic E-state index is 13.9. The van der Waals surface area contributed by atoms with Crippen molar-refractivity contribution in [3.63, 3.8) is 0 Å². The highest BCUT2D eigenvalue weighted by Gasteiger charge is 2.31. The highest BCUT2D eigenvalue weighted by atomic mass is 16.2. The van der Waals surface area contributed by atoms with Crippen molar-refractivity contribution in [3.05, 3.63) is 77.0 Å². The number of rotatable bonds is 3. The summed E-state index contributed by atoms with van der Waals surface area (Å²) in [6.45, 7) is 1.63. The second-order valence-electron chi connectivity index (χ2n) is 8.92. The maximum absolute atomic E-state index is 13.9. The average molecular weight is 412 g/mol. The first-order chi connectivity index (χ1) is 15.1. The van der Waals surface area contributed by atoms with Crippen molar-refractivity contribution < 1.29 is 4.79 Å². The standard InChI is InChI=1S/C27H29N3O/c1-29(2)21-11-8-16-30(18-21)27(31)25-22-12-6-7-13-24(22)28-26-20(14-15-23(25)26)17-19-9-4-3-5-10-19/h3-7,9-10,12-13,17,21H,8,11,14-16,18H2,1-2H3/b20-17-. The molecular weight excluding hydrogens is 382 g/mol. The molecule has 1 amide bonds. The van der Waals surface area contributed by atoms with Gasteiger partial charge in [-0.1, -0.05) is 48.5 Å². The molecule has 1 unspecified atom stereocenters. The zero-order valence-electron chi connectivity index (χ0n) is 18.3. The van der Waals surface area contributed by atoms with Crippen LogP contribution in [0.25, 0.3) is 22.6 Å². The van der Waals surface area contributed by atoms with E-state index in [4.69, 9.17) is 4.98 Å². The van der Waals surface area contributed by atoms with Gasteiger partial charge in [-0.05, 0) is 68.6 Å². The molecule has 4 nitrogen and oxygen atoms in total. The van der Waals surface area contributed by atoms with E-state index in [9.17, 15) is 4.79 Å². The van der Waals surface area contributed by atoms with Crippen LogP contribution in [0.3, 0.4) is 0 Å². The Labute approximate surface area is 184 Å². The van der Waals surface area contributed by atoms with Crippen molar-refractivity contribution in [1.82, 2.24) is 14.8 Å². The lowest BCUT2D eigenvalue weighted by Gasteiger charge is -2.36. The minimum Gasteiger partial charge on any atom is -0.337 e. The first kappa shape index (κ1) is 20.0. The van der Waals surface area contributed by atoms with Crippen LogP contribution >= 0.6 is 0 Å². The van der Waals surface area contributed by atoms with E-state index in [1.807, 2.05) is 24.3 Å². The maximum Gasteiger partial charge on any atom is 0.254 e. The zero-order valence-corrected chi connectivity index (χ0v) is 18.3. The summed E-state index contributed by atoms with van der Waals surface area (Å²) in [5, 5.41) is 0.985. The number of hydrogen-bond donors (Lipinski definition) is 0. The summed E-state index contributed by atoms with van der Waals surface area (Å²) in [6, 6.07) is 18.9. The molecule has 5 rings (SSSR count). The van der Waals surface area contributed by atoms with Gasteiger partial charge in [0.15, 0.2) is 0 Å². The van der Waals surface area contributed by atoms with E-state index < -0.39 is 0 Å². The Kier molecular flexibility index (Phi) is 5.33. The van der Waals surface area contributed by atoms with Crippen LogP contribution in [0.1, 0.15) is 46.4 Å². The molecule has 158 valence electrons. The largest absolute Gasteiger partial charge is 0.337 e. The number of carbonyl (C=O) groups excluding carboxylic acids is 1. The van der Waals surface area contributed by atoms with Crippen molar-refractivity contribution in [3.8, 4) is 0 Å². The number of allylic oxidation sites excluding steroid dienone is 1. The molecule has 4 heteroatoms. The molecule has 2 aromatic carbocycles.